The molecule has 0 aliphatic carbocycles. The average Bonchev–Trinajstić information content (AvgIpc) is 2.25. The Morgan fingerprint density at radius 3 is 2.11 bits per heavy atom. The van der Waals surface area contributed by atoms with Gasteiger partial charge in [-0.1, -0.05) is 18.2 Å². The van der Waals surface area contributed by atoms with E-state index in [0.717, 1.165) is 6.26 Å². The first-order chi connectivity index (χ1) is 8.47. The van der Waals surface area contributed by atoms with Gasteiger partial charge in [-0.2, -0.15) is 0 Å². The Morgan fingerprint density at radius 1 is 1.11 bits per heavy atom. The molecule has 1 N–H and O–H groups in total. The second-order valence-electron chi connectivity index (χ2n) is 5.12. The van der Waals surface area contributed by atoms with E-state index in [4.69, 9.17) is 0 Å². The van der Waals surface area contributed by atoms with Gasteiger partial charge in [0.15, 0.2) is 9.84 Å². The van der Waals surface area contributed by atoms with Crippen LogP contribution >= 0.6 is 0 Å². The zero-order valence-corrected chi connectivity index (χ0v) is 13.1. The number of sulfonamides is 1. The summed E-state index contributed by atoms with van der Waals surface area (Å²) in [6, 6.07) is 6.56. The molecule has 0 aliphatic heterocycles. The molecule has 108 valence electrons. The normalized spacial score (nSPS) is 13.5. The van der Waals surface area contributed by atoms with Gasteiger partial charge in [-0.3, -0.25) is 0 Å². The summed E-state index contributed by atoms with van der Waals surface area (Å²) in [7, 11) is -7.04. The molecule has 1 aromatic rings. The van der Waals surface area contributed by atoms with Crippen LogP contribution in [-0.4, -0.2) is 34.4 Å². The maximum atomic E-state index is 12.1. The smallest absolute Gasteiger partial charge is 0.229 e. The molecule has 0 saturated heterocycles. The first-order valence-corrected chi connectivity index (χ1v) is 9.10. The van der Waals surface area contributed by atoms with Crippen molar-refractivity contribution >= 4 is 19.9 Å². The molecule has 19 heavy (non-hydrogen) atoms. The highest BCUT2D eigenvalue weighted by Gasteiger charge is 2.32. The Balaban J connectivity index is 2.99. The van der Waals surface area contributed by atoms with Crippen LogP contribution in [0.1, 0.15) is 19.4 Å². The summed E-state index contributed by atoms with van der Waals surface area (Å²) in [5.41, 5.74) is 0.618. The van der Waals surface area contributed by atoms with Crippen LogP contribution in [-0.2, 0) is 19.9 Å². The lowest BCUT2D eigenvalue weighted by molar-refractivity contribution is 0.537. The lowest BCUT2D eigenvalue weighted by Gasteiger charge is -2.22. The molecule has 0 fully saturated rings. The average molecular weight is 305 g/mol. The molecule has 0 saturated carbocycles. The van der Waals surface area contributed by atoms with Gasteiger partial charge in [0.25, 0.3) is 0 Å². The molecule has 0 radical (unpaired) electrons. The van der Waals surface area contributed by atoms with E-state index in [0.29, 0.717) is 5.56 Å². The Hall–Kier alpha value is -0.920. The summed E-state index contributed by atoms with van der Waals surface area (Å²) >= 11 is 0. The molecular formula is C12H19NO4S2. The monoisotopic (exact) mass is 305 g/mol. The highest BCUT2D eigenvalue weighted by Crippen LogP contribution is 2.17. The van der Waals surface area contributed by atoms with E-state index in [9.17, 15) is 16.8 Å². The minimum atomic E-state index is -3.70. The molecule has 7 heteroatoms. The summed E-state index contributed by atoms with van der Waals surface area (Å²) in [5, 5.41) is 0. The van der Waals surface area contributed by atoms with Crippen LogP contribution in [0.3, 0.4) is 0 Å². The van der Waals surface area contributed by atoms with Gasteiger partial charge in [-0.15, -0.1) is 0 Å². The van der Waals surface area contributed by atoms with Gasteiger partial charge in [0, 0.05) is 12.8 Å². The van der Waals surface area contributed by atoms with Crippen molar-refractivity contribution in [1.29, 1.82) is 0 Å². The quantitative estimate of drug-likeness (QED) is 0.883. The maximum absolute atomic E-state index is 12.1. The molecule has 1 aromatic carbocycles. The molecule has 0 aliphatic rings. The van der Waals surface area contributed by atoms with E-state index in [1.165, 1.54) is 19.9 Å². The van der Waals surface area contributed by atoms with E-state index >= 15 is 0 Å². The number of sulfone groups is 1. The number of benzene rings is 1. The number of hydrogen-bond donors (Lipinski definition) is 1. The van der Waals surface area contributed by atoms with Gasteiger partial charge in [0.05, 0.1) is 9.64 Å². The Bertz CT molecular complexity index is 661. The molecule has 0 bridgehead atoms. The molecular weight excluding hydrogens is 286 g/mol. The van der Waals surface area contributed by atoms with E-state index < -0.39 is 24.6 Å². The van der Waals surface area contributed by atoms with Crippen molar-refractivity contribution in [2.24, 2.45) is 0 Å². The first kappa shape index (κ1) is 16.1. The van der Waals surface area contributed by atoms with Crippen LogP contribution in [0.25, 0.3) is 0 Å². The standard InChI is InChI=1S/C12H19NO4S2/c1-10-7-5-6-8-11(10)19(16,17)13-9-12(2,3)18(4,14)15/h5-8,13H,9H2,1-4H3. The van der Waals surface area contributed by atoms with Gasteiger partial charge < -0.3 is 0 Å². The fraction of sp³-hybridized carbons (Fsp3) is 0.500. The SMILES string of the molecule is Cc1ccccc1S(=O)(=O)NCC(C)(C)S(C)(=O)=O. The van der Waals surface area contributed by atoms with Crippen LogP contribution in [0.15, 0.2) is 29.2 Å². The molecule has 0 spiro atoms. The Labute approximate surface area is 115 Å². The highest BCUT2D eigenvalue weighted by atomic mass is 32.2. The van der Waals surface area contributed by atoms with Crippen molar-refractivity contribution in [2.45, 2.75) is 30.4 Å². The largest absolute Gasteiger partial charge is 0.240 e. The van der Waals surface area contributed by atoms with E-state index in [1.54, 1.807) is 25.1 Å². The second-order valence-corrected chi connectivity index (χ2v) is 9.51. The number of nitrogens with one attached hydrogen (secondary N) is 1. The van der Waals surface area contributed by atoms with E-state index in [2.05, 4.69) is 4.72 Å². The van der Waals surface area contributed by atoms with Crippen molar-refractivity contribution in [3.63, 3.8) is 0 Å². The van der Waals surface area contributed by atoms with Crippen LogP contribution in [0, 0.1) is 6.92 Å². The number of aryl methyl sites for hydroxylation is 1. The minimum absolute atomic E-state index is 0.164. The summed E-state index contributed by atoms with van der Waals surface area (Å²) < 4.78 is 48.5. The number of hydrogen-bond acceptors (Lipinski definition) is 4. The molecule has 5 nitrogen and oxygen atoms in total. The highest BCUT2D eigenvalue weighted by molar-refractivity contribution is 7.92. The third-order valence-corrected chi connectivity index (χ3v) is 6.79. The predicted molar refractivity (Wildman–Crippen MR) is 75.3 cm³/mol. The van der Waals surface area contributed by atoms with Crippen molar-refractivity contribution in [3.05, 3.63) is 29.8 Å². The minimum Gasteiger partial charge on any atom is -0.229 e. The summed E-state index contributed by atoms with van der Waals surface area (Å²) in [5.74, 6) is 0. The lowest BCUT2D eigenvalue weighted by Crippen LogP contribution is -2.43. The van der Waals surface area contributed by atoms with E-state index in [1.807, 2.05) is 0 Å². The molecule has 0 atom stereocenters. The lowest BCUT2D eigenvalue weighted by atomic mass is 10.2. The Kier molecular flexibility index (Phi) is 4.44. The van der Waals surface area contributed by atoms with Gasteiger partial charge in [0.1, 0.15) is 0 Å². The van der Waals surface area contributed by atoms with Gasteiger partial charge in [0.2, 0.25) is 10.0 Å². The van der Waals surface area contributed by atoms with Crippen LogP contribution in [0.5, 0.6) is 0 Å². The van der Waals surface area contributed by atoms with Crippen molar-refractivity contribution in [3.8, 4) is 0 Å². The number of rotatable bonds is 5. The fourth-order valence-electron chi connectivity index (χ4n) is 1.34. The van der Waals surface area contributed by atoms with Crippen molar-refractivity contribution < 1.29 is 16.8 Å². The van der Waals surface area contributed by atoms with Gasteiger partial charge in [-0.25, -0.2) is 21.6 Å². The molecule has 0 unspecified atom stereocenters. The maximum Gasteiger partial charge on any atom is 0.240 e. The van der Waals surface area contributed by atoms with Crippen molar-refractivity contribution in [1.82, 2.24) is 4.72 Å². The zero-order chi connectivity index (χ0) is 14.9. The third kappa shape index (κ3) is 3.77. The molecule has 0 heterocycles. The summed E-state index contributed by atoms with van der Waals surface area (Å²) in [4.78, 5) is 0.166. The molecule has 1 rings (SSSR count). The third-order valence-electron chi connectivity index (χ3n) is 3.07. The van der Waals surface area contributed by atoms with E-state index in [-0.39, 0.29) is 11.4 Å². The van der Waals surface area contributed by atoms with Crippen LogP contribution in [0.2, 0.25) is 0 Å². The fourth-order valence-corrected chi connectivity index (χ4v) is 3.22. The summed E-state index contributed by atoms with van der Waals surface area (Å²) in [6.07, 6.45) is 1.09. The van der Waals surface area contributed by atoms with Gasteiger partial charge in [-0.05, 0) is 32.4 Å². The molecule has 0 amide bonds. The zero-order valence-electron chi connectivity index (χ0n) is 11.5. The summed E-state index contributed by atoms with van der Waals surface area (Å²) in [6.45, 7) is 4.50. The Morgan fingerprint density at radius 2 is 1.63 bits per heavy atom. The first-order valence-electron chi connectivity index (χ1n) is 5.72. The van der Waals surface area contributed by atoms with Crippen LogP contribution in [0.4, 0.5) is 0 Å². The van der Waals surface area contributed by atoms with Gasteiger partial charge >= 0.3 is 0 Å². The second kappa shape index (κ2) is 5.22. The topological polar surface area (TPSA) is 80.3 Å². The predicted octanol–water partition coefficient (Wildman–Crippen LogP) is 1.10. The van der Waals surface area contributed by atoms with Crippen LogP contribution < -0.4 is 4.72 Å². The molecule has 0 aromatic heterocycles. The van der Waals surface area contributed by atoms with Crippen molar-refractivity contribution in [2.75, 3.05) is 12.8 Å².